The Morgan fingerprint density at radius 3 is 2.64 bits per heavy atom. The molecule has 1 atom stereocenters. The number of aromatic nitrogens is 2. The van der Waals surface area contributed by atoms with Crippen molar-refractivity contribution in [1.82, 2.24) is 15.1 Å². The standard InChI is InChI=1S/C15H17N3O4/c1-9(2)13(15(21)22)17-12(19)8-18-14(20)11-6-4-3-5-10(11)7-16-18/h3-7,9,13H,8H2,1-2H3,(H,17,19)(H,21,22). The summed E-state index contributed by atoms with van der Waals surface area (Å²) in [5.41, 5.74) is -0.385. The first-order valence-corrected chi connectivity index (χ1v) is 6.87. The molecule has 0 bridgehead atoms. The quantitative estimate of drug-likeness (QED) is 0.843. The number of aliphatic carboxylic acids is 1. The van der Waals surface area contributed by atoms with Gasteiger partial charge in [-0.05, 0) is 12.0 Å². The first kappa shape index (κ1) is 15.7. The van der Waals surface area contributed by atoms with Gasteiger partial charge in [0.2, 0.25) is 5.91 Å². The minimum atomic E-state index is -1.11. The minimum absolute atomic E-state index is 0.261. The number of carboxylic acid groups (broad SMARTS) is 1. The number of carbonyl (C=O) groups excluding carboxylic acids is 1. The van der Waals surface area contributed by atoms with E-state index in [4.69, 9.17) is 5.11 Å². The zero-order valence-corrected chi connectivity index (χ0v) is 12.3. The number of nitrogens with one attached hydrogen (secondary N) is 1. The summed E-state index contributed by atoms with van der Waals surface area (Å²) in [6, 6.07) is 5.94. The molecule has 2 rings (SSSR count). The number of nitrogens with zero attached hydrogens (tertiary/aromatic N) is 2. The van der Waals surface area contributed by atoms with Gasteiger partial charge in [0.15, 0.2) is 0 Å². The van der Waals surface area contributed by atoms with Crippen LogP contribution in [0.3, 0.4) is 0 Å². The average molecular weight is 303 g/mol. The lowest BCUT2D eigenvalue weighted by atomic mass is 10.1. The molecule has 1 heterocycles. The zero-order valence-electron chi connectivity index (χ0n) is 12.3. The lowest BCUT2D eigenvalue weighted by molar-refractivity contribution is -0.143. The SMILES string of the molecule is CC(C)C(NC(=O)Cn1ncc2ccccc2c1=O)C(=O)O. The molecule has 116 valence electrons. The molecule has 0 aliphatic heterocycles. The fourth-order valence-corrected chi connectivity index (χ4v) is 2.11. The molecule has 1 amide bonds. The predicted molar refractivity (Wildman–Crippen MR) is 80.4 cm³/mol. The third-order valence-electron chi connectivity index (χ3n) is 3.30. The Kier molecular flexibility index (Phi) is 4.55. The van der Waals surface area contributed by atoms with Gasteiger partial charge in [-0.15, -0.1) is 0 Å². The van der Waals surface area contributed by atoms with Gasteiger partial charge in [-0.2, -0.15) is 5.10 Å². The third kappa shape index (κ3) is 3.30. The molecule has 0 saturated heterocycles. The van der Waals surface area contributed by atoms with Crippen LogP contribution in [0.25, 0.3) is 10.8 Å². The molecular formula is C15H17N3O4. The molecule has 22 heavy (non-hydrogen) atoms. The van der Waals surface area contributed by atoms with Crippen molar-refractivity contribution in [3.05, 3.63) is 40.8 Å². The minimum Gasteiger partial charge on any atom is -0.480 e. The second kappa shape index (κ2) is 6.38. The largest absolute Gasteiger partial charge is 0.480 e. The van der Waals surface area contributed by atoms with Gasteiger partial charge in [0.25, 0.3) is 5.56 Å². The molecule has 7 heteroatoms. The molecule has 2 N–H and O–H groups in total. The highest BCUT2D eigenvalue weighted by Crippen LogP contribution is 2.06. The van der Waals surface area contributed by atoms with E-state index in [1.807, 2.05) is 0 Å². The van der Waals surface area contributed by atoms with Crippen molar-refractivity contribution in [2.75, 3.05) is 0 Å². The topological polar surface area (TPSA) is 101 Å². The van der Waals surface area contributed by atoms with E-state index >= 15 is 0 Å². The van der Waals surface area contributed by atoms with Crippen LogP contribution in [0.5, 0.6) is 0 Å². The summed E-state index contributed by atoms with van der Waals surface area (Å²) in [7, 11) is 0. The Labute approximate surface area is 126 Å². The van der Waals surface area contributed by atoms with Crippen molar-refractivity contribution in [3.8, 4) is 0 Å². The van der Waals surface area contributed by atoms with E-state index in [1.165, 1.54) is 6.20 Å². The van der Waals surface area contributed by atoms with Crippen molar-refractivity contribution >= 4 is 22.6 Å². The summed E-state index contributed by atoms with van der Waals surface area (Å²) in [5.74, 6) is -1.93. The molecule has 0 saturated carbocycles. The number of rotatable bonds is 5. The van der Waals surface area contributed by atoms with E-state index < -0.39 is 17.9 Å². The van der Waals surface area contributed by atoms with E-state index in [0.29, 0.717) is 10.8 Å². The summed E-state index contributed by atoms with van der Waals surface area (Å²) in [6.07, 6.45) is 1.50. The van der Waals surface area contributed by atoms with Crippen LogP contribution >= 0.6 is 0 Å². The lowest BCUT2D eigenvalue weighted by Crippen LogP contribution is -2.46. The fourth-order valence-electron chi connectivity index (χ4n) is 2.11. The van der Waals surface area contributed by atoms with Gasteiger partial charge in [0.05, 0.1) is 11.6 Å². The Morgan fingerprint density at radius 1 is 1.32 bits per heavy atom. The molecule has 1 unspecified atom stereocenters. The van der Waals surface area contributed by atoms with Crippen molar-refractivity contribution in [3.63, 3.8) is 0 Å². The van der Waals surface area contributed by atoms with E-state index in [-0.39, 0.29) is 18.0 Å². The van der Waals surface area contributed by atoms with E-state index in [9.17, 15) is 14.4 Å². The van der Waals surface area contributed by atoms with Crippen LogP contribution in [0.4, 0.5) is 0 Å². The molecule has 1 aromatic heterocycles. The highest BCUT2D eigenvalue weighted by Gasteiger charge is 2.23. The first-order valence-electron chi connectivity index (χ1n) is 6.87. The lowest BCUT2D eigenvalue weighted by Gasteiger charge is -2.18. The third-order valence-corrected chi connectivity index (χ3v) is 3.30. The Hall–Kier alpha value is -2.70. The Balaban J connectivity index is 2.20. The van der Waals surface area contributed by atoms with E-state index in [2.05, 4.69) is 10.4 Å². The zero-order chi connectivity index (χ0) is 16.3. The number of carbonyl (C=O) groups is 2. The van der Waals surface area contributed by atoms with Crippen LogP contribution in [0.1, 0.15) is 13.8 Å². The predicted octanol–water partition coefficient (Wildman–Crippen LogP) is 0.622. The molecule has 0 aliphatic rings. The average Bonchev–Trinajstić information content (AvgIpc) is 2.47. The molecule has 0 radical (unpaired) electrons. The fraction of sp³-hybridized carbons (Fsp3) is 0.333. The molecule has 2 aromatic rings. The number of benzene rings is 1. The van der Waals surface area contributed by atoms with Gasteiger partial charge in [-0.3, -0.25) is 9.59 Å². The molecular weight excluding hydrogens is 286 g/mol. The van der Waals surface area contributed by atoms with E-state index in [1.54, 1.807) is 38.1 Å². The highest BCUT2D eigenvalue weighted by atomic mass is 16.4. The molecule has 0 spiro atoms. The van der Waals surface area contributed by atoms with Crippen LogP contribution in [-0.4, -0.2) is 32.8 Å². The maximum absolute atomic E-state index is 12.2. The van der Waals surface area contributed by atoms with Crippen molar-refractivity contribution in [1.29, 1.82) is 0 Å². The Morgan fingerprint density at radius 2 is 2.00 bits per heavy atom. The Bertz CT molecular complexity index is 767. The number of amides is 1. The van der Waals surface area contributed by atoms with Gasteiger partial charge in [0, 0.05) is 5.39 Å². The summed E-state index contributed by atoms with van der Waals surface area (Å²) >= 11 is 0. The number of carboxylic acids is 1. The summed E-state index contributed by atoms with van der Waals surface area (Å²) in [6.45, 7) is 3.07. The molecule has 7 nitrogen and oxygen atoms in total. The molecule has 1 aromatic carbocycles. The van der Waals surface area contributed by atoms with Gasteiger partial charge < -0.3 is 10.4 Å². The van der Waals surface area contributed by atoms with Crippen LogP contribution in [-0.2, 0) is 16.1 Å². The normalized spacial score (nSPS) is 12.3. The van der Waals surface area contributed by atoms with Crippen molar-refractivity contribution in [2.45, 2.75) is 26.4 Å². The van der Waals surface area contributed by atoms with Crippen LogP contribution < -0.4 is 10.9 Å². The van der Waals surface area contributed by atoms with Crippen LogP contribution in [0, 0.1) is 5.92 Å². The maximum atomic E-state index is 12.2. The van der Waals surface area contributed by atoms with Gasteiger partial charge >= 0.3 is 5.97 Å². The molecule has 0 aliphatic carbocycles. The number of hydrogen-bond acceptors (Lipinski definition) is 4. The van der Waals surface area contributed by atoms with Crippen LogP contribution in [0.15, 0.2) is 35.3 Å². The number of hydrogen-bond donors (Lipinski definition) is 2. The smallest absolute Gasteiger partial charge is 0.326 e. The monoisotopic (exact) mass is 303 g/mol. The maximum Gasteiger partial charge on any atom is 0.326 e. The van der Waals surface area contributed by atoms with Gasteiger partial charge in [-0.1, -0.05) is 32.0 Å². The summed E-state index contributed by atoms with van der Waals surface area (Å²) in [5, 5.41) is 16.5. The summed E-state index contributed by atoms with van der Waals surface area (Å²) < 4.78 is 1.02. The van der Waals surface area contributed by atoms with E-state index in [0.717, 1.165) is 4.68 Å². The highest BCUT2D eigenvalue weighted by molar-refractivity contribution is 5.84. The van der Waals surface area contributed by atoms with Crippen molar-refractivity contribution in [2.24, 2.45) is 5.92 Å². The van der Waals surface area contributed by atoms with Crippen molar-refractivity contribution < 1.29 is 14.7 Å². The molecule has 0 fully saturated rings. The second-order valence-corrected chi connectivity index (χ2v) is 5.32. The van der Waals surface area contributed by atoms with Gasteiger partial charge in [0.1, 0.15) is 12.6 Å². The second-order valence-electron chi connectivity index (χ2n) is 5.32. The number of fused-ring (bicyclic) bond motifs is 1. The van der Waals surface area contributed by atoms with Gasteiger partial charge in [-0.25, -0.2) is 9.48 Å². The first-order chi connectivity index (χ1) is 10.4. The van der Waals surface area contributed by atoms with Crippen LogP contribution in [0.2, 0.25) is 0 Å². The summed E-state index contributed by atoms with van der Waals surface area (Å²) in [4.78, 5) is 35.2.